The third-order valence-corrected chi connectivity index (χ3v) is 5.34. The lowest BCUT2D eigenvalue weighted by molar-refractivity contribution is -0.131. The second kappa shape index (κ2) is 6.42. The third kappa shape index (κ3) is 2.78. The normalized spacial score (nSPS) is 22.3. The SMILES string of the molecule is CN1CC[C@H](N2C(=O)NC(c3ccc(F)cc3)(c3ccc(F)cc3)C2=O)C1. The van der Waals surface area contributed by atoms with Gasteiger partial charge in [-0.2, -0.15) is 0 Å². The summed E-state index contributed by atoms with van der Waals surface area (Å²) in [6.45, 7) is 1.39. The third-order valence-electron chi connectivity index (χ3n) is 5.34. The number of halogens is 2. The number of carbonyl (C=O) groups excluding carboxylic acids is 2. The molecule has 0 saturated carbocycles. The number of carbonyl (C=O) groups is 2. The van der Waals surface area contributed by atoms with E-state index < -0.39 is 29.1 Å². The monoisotopic (exact) mass is 371 g/mol. The fourth-order valence-corrected chi connectivity index (χ4v) is 3.96. The molecular formula is C20H19F2N3O2. The van der Waals surface area contributed by atoms with Crippen LogP contribution < -0.4 is 5.32 Å². The first-order valence-corrected chi connectivity index (χ1v) is 8.78. The van der Waals surface area contributed by atoms with Gasteiger partial charge in [-0.15, -0.1) is 0 Å². The lowest BCUT2D eigenvalue weighted by Gasteiger charge is -2.29. The summed E-state index contributed by atoms with van der Waals surface area (Å²) >= 11 is 0. The molecule has 5 nitrogen and oxygen atoms in total. The van der Waals surface area contributed by atoms with Crippen molar-refractivity contribution >= 4 is 11.9 Å². The Bertz CT molecular complexity index is 838. The van der Waals surface area contributed by atoms with Crippen LogP contribution in [0.25, 0.3) is 0 Å². The first kappa shape index (κ1) is 17.6. The lowest BCUT2D eigenvalue weighted by Crippen LogP contribution is -2.46. The zero-order valence-corrected chi connectivity index (χ0v) is 14.8. The summed E-state index contributed by atoms with van der Waals surface area (Å²) in [5.41, 5.74) is -0.634. The number of likely N-dealkylation sites (tertiary alicyclic amines) is 1. The number of urea groups is 1. The Morgan fingerprint density at radius 3 is 1.93 bits per heavy atom. The molecule has 2 aromatic rings. The van der Waals surface area contributed by atoms with Gasteiger partial charge in [0, 0.05) is 6.54 Å². The maximum atomic E-state index is 13.5. The Morgan fingerprint density at radius 1 is 0.963 bits per heavy atom. The van der Waals surface area contributed by atoms with E-state index in [1.165, 1.54) is 53.4 Å². The van der Waals surface area contributed by atoms with Crippen molar-refractivity contribution < 1.29 is 18.4 Å². The molecule has 27 heavy (non-hydrogen) atoms. The van der Waals surface area contributed by atoms with E-state index in [0.717, 1.165) is 6.54 Å². The summed E-state index contributed by atoms with van der Waals surface area (Å²) in [6.07, 6.45) is 0.693. The molecule has 2 saturated heterocycles. The molecule has 2 heterocycles. The van der Waals surface area contributed by atoms with Crippen molar-refractivity contribution in [2.75, 3.05) is 20.1 Å². The number of nitrogens with one attached hydrogen (secondary N) is 1. The van der Waals surface area contributed by atoms with Gasteiger partial charge in [0.05, 0.1) is 6.04 Å². The Morgan fingerprint density at radius 2 is 1.48 bits per heavy atom. The zero-order chi connectivity index (χ0) is 19.2. The molecule has 0 spiro atoms. The predicted octanol–water partition coefficient (Wildman–Crippen LogP) is 2.46. The number of hydrogen-bond acceptors (Lipinski definition) is 3. The van der Waals surface area contributed by atoms with Crippen LogP contribution in [0.3, 0.4) is 0 Å². The fourth-order valence-electron chi connectivity index (χ4n) is 3.96. The minimum atomic E-state index is -1.50. The number of rotatable bonds is 3. The van der Waals surface area contributed by atoms with Gasteiger partial charge in [0.25, 0.3) is 5.91 Å². The van der Waals surface area contributed by atoms with Crippen LogP contribution >= 0.6 is 0 Å². The Balaban J connectivity index is 1.84. The molecule has 0 bridgehead atoms. The summed E-state index contributed by atoms with van der Waals surface area (Å²) in [5.74, 6) is -1.32. The Kier molecular flexibility index (Phi) is 4.19. The molecule has 1 N–H and O–H groups in total. The second-order valence-electron chi connectivity index (χ2n) is 7.07. The average molecular weight is 371 g/mol. The molecule has 2 aromatic carbocycles. The summed E-state index contributed by atoms with van der Waals surface area (Å²) in [7, 11) is 1.94. The van der Waals surface area contributed by atoms with Crippen LogP contribution in [0.4, 0.5) is 13.6 Å². The van der Waals surface area contributed by atoms with E-state index in [9.17, 15) is 18.4 Å². The highest BCUT2D eigenvalue weighted by Crippen LogP contribution is 2.38. The number of likely N-dealkylation sites (N-methyl/N-ethyl adjacent to an activating group) is 1. The van der Waals surface area contributed by atoms with E-state index in [4.69, 9.17) is 0 Å². The van der Waals surface area contributed by atoms with Crippen LogP contribution in [0.5, 0.6) is 0 Å². The molecule has 0 radical (unpaired) electrons. The van der Waals surface area contributed by atoms with Crippen molar-refractivity contribution in [3.63, 3.8) is 0 Å². The van der Waals surface area contributed by atoms with E-state index in [1.54, 1.807) is 0 Å². The van der Waals surface area contributed by atoms with Gasteiger partial charge >= 0.3 is 6.03 Å². The highest BCUT2D eigenvalue weighted by atomic mass is 19.1. The molecule has 0 aliphatic carbocycles. The summed E-state index contributed by atoms with van der Waals surface area (Å²) in [6, 6.07) is 10.1. The lowest BCUT2D eigenvalue weighted by atomic mass is 9.82. The minimum Gasteiger partial charge on any atom is -0.315 e. The summed E-state index contributed by atoms with van der Waals surface area (Å²) in [5, 5.41) is 2.80. The minimum absolute atomic E-state index is 0.231. The molecule has 3 amide bonds. The largest absolute Gasteiger partial charge is 0.325 e. The number of hydrogen-bond donors (Lipinski definition) is 1. The first-order chi connectivity index (χ1) is 12.9. The average Bonchev–Trinajstić information content (AvgIpc) is 3.17. The second-order valence-corrected chi connectivity index (χ2v) is 7.07. The van der Waals surface area contributed by atoms with Crippen molar-refractivity contribution in [1.82, 2.24) is 15.1 Å². The summed E-state index contributed by atoms with van der Waals surface area (Å²) in [4.78, 5) is 29.7. The van der Waals surface area contributed by atoms with Crippen molar-refractivity contribution in [3.05, 3.63) is 71.3 Å². The van der Waals surface area contributed by atoms with Crippen LogP contribution in [-0.2, 0) is 10.3 Å². The van der Waals surface area contributed by atoms with Crippen molar-refractivity contribution in [2.24, 2.45) is 0 Å². The molecule has 0 unspecified atom stereocenters. The molecule has 0 aromatic heterocycles. The molecule has 7 heteroatoms. The van der Waals surface area contributed by atoms with Gasteiger partial charge < -0.3 is 10.2 Å². The van der Waals surface area contributed by atoms with Gasteiger partial charge in [-0.25, -0.2) is 13.6 Å². The maximum absolute atomic E-state index is 13.5. The van der Waals surface area contributed by atoms with Gasteiger partial charge in [0.15, 0.2) is 5.54 Å². The Labute approximate surface area is 155 Å². The molecule has 1 atom stereocenters. The topological polar surface area (TPSA) is 52.6 Å². The standard InChI is InChI=1S/C20H19F2N3O2/c1-24-11-10-17(12-24)25-18(26)20(23-19(25)27,13-2-6-15(21)7-3-13)14-4-8-16(22)9-5-14/h2-9,17H,10-12H2,1H3,(H,23,27)/t17-/m0/s1. The Hall–Kier alpha value is -2.80. The number of benzene rings is 2. The van der Waals surface area contributed by atoms with Gasteiger partial charge in [-0.05, 0) is 55.4 Å². The van der Waals surface area contributed by atoms with Gasteiger partial charge in [0.1, 0.15) is 11.6 Å². The number of amides is 3. The van der Waals surface area contributed by atoms with Crippen LogP contribution in [0.2, 0.25) is 0 Å². The molecule has 140 valence electrons. The molecule has 2 fully saturated rings. The van der Waals surface area contributed by atoms with Crippen LogP contribution in [-0.4, -0.2) is 47.9 Å². The van der Waals surface area contributed by atoms with Crippen LogP contribution in [0.1, 0.15) is 17.5 Å². The van der Waals surface area contributed by atoms with Crippen LogP contribution in [0, 0.1) is 11.6 Å². The van der Waals surface area contributed by atoms with E-state index >= 15 is 0 Å². The zero-order valence-electron chi connectivity index (χ0n) is 14.8. The van der Waals surface area contributed by atoms with Gasteiger partial charge in [-0.3, -0.25) is 9.69 Å². The number of imide groups is 1. The molecule has 2 aliphatic heterocycles. The first-order valence-electron chi connectivity index (χ1n) is 8.78. The van der Waals surface area contributed by atoms with Gasteiger partial charge in [-0.1, -0.05) is 24.3 Å². The number of nitrogens with zero attached hydrogens (tertiary/aromatic N) is 2. The van der Waals surface area contributed by atoms with E-state index in [-0.39, 0.29) is 6.04 Å². The van der Waals surface area contributed by atoms with Crippen molar-refractivity contribution in [1.29, 1.82) is 0 Å². The summed E-state index contributed by atoms with van der Waals surface area (Å²) < 4.78 is 26.9. The van der Waals surface area contributed by atoms with E-state index in [2.05, 4.69) is 10.2 Å². The van der Waals surface area contributed by atoms with E-state index in [0.29, 0.717) is 24.1 Å². The van der Waals surface area contributed by atoms with Crippen molar-refractivity contribution in [2.45, 2.75) is 18.0 Å². The highest BCUT2D eigenvalue weighted by molar-refractivity contribution is 6.10. The smallest absolute Gasteiger partial charge is 0.315 e. The molecular weight excluding hydrogens is 352 g/mol. The predicted molar refractivity (Wildman–Crippen MR) is 94.9 cm³/mol. The molecule has 4 rings (SSSR count). The van der Waals surface area contributed by atoms with Crippen LogP contribution in [0.15, 0.2) is 48.5 Å². The quantitative estimate of drug-likeness (QED) is 0.844. The van der Waals surface area contributed by atoms with Gasteiger partial charge in [0.2, 0.25) is 0 Å². The maximum Gasteiger partial charge on any atom is 0.325 e. The molecule has 2 aliphatic rings. The highest BCUT2D eigenvalue weighted by Gasteiger charge is 2.56. The van der Waals surface area contributed by atoms with E-state index in [1.807, 2.05) is 7.05 Å². The fraction of sp³-hybridized carbons (Fsp3) is 0.300. The van der Waals surface area contributed by atoms with Crippen molar-refractivity contribution in [3.8, 4) is 0 Å².